The Kier molecular flexibility index (Phi) is 6.55. The number of hydrogen-bond donors (Lipinski definition) is 2. The van der Waals surface area contributed by atoms with E-state index >= 15 is 0 Å². The maximum absolute atomic E-state index is 12.9. The number of carbonyl (C=O) groups is 1. The number of amides is 1. The highest BCUT2D eigenvalue weighted by Crippen LogP contribution is 2.23. The Balaban J connectivity index is 1.56. The van der Waals surface area contributed by atoms with Crippen LogP contribution in [0.4, 0.5) is 10.1 Å². The summed E-state index contributed by atoms with van der Waals surface area (Å²) in [4.78, 5) is 12.4. The zero-order valence-electron chi connectivity index (χ0n) is 15.8. The van der Waals surface area contributed by atoms with Gasteiger partial charge < -0.3 is 20.6 Å². The second kappa shape index (κ2) is 9.28. The Morgan fingerprint density at radius 1 is 1.17 bits per heavy atom. The van der Waals surface area contributed by atoms with E-state index in [1.807, 2.05) is 0 Å². The van der Waals surface area contributed by atoms with Crippen molar-refractivity contribution in [2.24, 2.45) is 0 Å². The Morgan fingerprint density at radius 2 is 1.83 bits per heavy atom. The van der Waals surface area contributed by atoms with Crippen LogP contribution in [0.1, 0.15) is 12.7 Å². The van der Waals surface area contributed by atoms with E-state index in [2.05, 4.69) is 15.5 Å². The molecule has 3 N–H and O–H groups in total. The number of carbonyl (C=O) groups excluding carboxylic acids is 1. The zero-order valence-corrected chi connectivity index (χ0v) is 16.6. The molecule has 29 heavy (non-hydrogen) atoms. The van der Waals surface area contributed by atoms with E-state index in [0.717, 1.165) is 0 Å². The number of anilines is 1. The van der Waals surface area contributed by atoms with Crippen LogP contribution in [-0.2, 0) is 11.4 Å². The van der Waals surface area contributed by atoms with Crippen LogP contribution in [0.25, 0.3) is 0 Å². The molecule has 152 valence electrons. The number of halogens is 1. The lowest BCUT2D eigenvalue weighted by atomic mass is 10.3. The largest absolute Gasteiger partial charge is 0.497 e. The molecule has 0 aliphatic heterocycles. The van der Waals surface area contributed by atoms with Gasteiger partial charge in [0.2, 0.25) is 11.1 Å². The number of nitrogens with one attached hydrogen (secondary N) is 1. The molecule has 0 spiro atoms. The third-order valence-corrected chi connectivity index (χ3v) is 4.98. The minimum absolute atomic E-state index is 0.0577. The quantitative estimate of drug-likeness (QED) is 0.429. The summed E-state index contributed by atoms with van der Waals surface area (Å²) < 4.78 is 24.8. The van der Waals surface area contributed by atoms with Crippen LogP contribution in [0.3, 0.4) is 0 Å². The number of ether oxygens (including phenoxy) is 2. The summed E-state index contributed by atoms with van der Waals surface area (Å²) in [5.74, 6) is 7.02. The number of hydrogen-bond acceptors (Lipinski definition) is 7. The molecule has 1 amide bonds. The summed E-state index contributed by atoms with van der Waals surface area (Å²) in [7, 11) is 1.58. The molecule has 0 saturated carbocycles. The number of thioether (sulfide) groups is 1. The highest BCUT2D eigenvalue weighted by Gasteiger charge is 2.19. The smallest absolute Gasteiger partial charge is 0.237 e. The highest BCUT2D eigenvalue weighted by atomic mass is 32.2. The average molecular weight is 417 g/mol. The second-order valence-corrected chi connectivity index (χ2v) is 7.30. The SMILES string of the molecule is COc1ccc(NC(=O)C(C)Sc2nnc(COc3ccc(F)cc3)n2N)cc1. The number of aromatic nitrogens is 3. The Hall–Kier alpha value is -3.27. The topological polar surface area (TPSA) is 104 Å². The minimum Gasteiger partial charge on any atom is -0.497 e. The molecule has 10 heteroatoms. The maximum Gasteiger partial charge on any atom is 0.237 e. The van der Waals surface area contributed by atoms with Crippen molar-refractivity contribution in [2.75, 3.05) is 18.3 Å². The molecule has 0 fully saturated rings. The van der Waals surface area contributed by atoms with E-state index in [0.29, 0.717) is 28.2 Å². The first kappa shape index (κ1) is 20.5. The number of nitrogens with two attached hydrogens (primary N) is 1. The van der Waals surface area contributed by atoms with Gasteiger partial charge in [-0.1, -0.05) is 11.8 Å². The van der Waals surface area contributed by atoms with E-state index in [-0.39, 0.29) is 18.3 Å². The Morgan fingerprint density at radius 3 is 2.48 bits per heavy atom. The van der Waals surface area contributed by atoms with Crippen molar-refractivity contribution in [1.29, 1.82) is 0 Å². The summed E-state index contributed by atoms with van der Waals surface area (Å²) in [6.07, 6.45) is 0. The van der Waals surface area contributed by atoms with E-state index in [9.17, 15) is 9.18 Å². The van der Waals surface area contributed by atoms with Gasteiger partial charge in [0.25, 0.3) is 0 Å². The van der Waals surface area contributed by atoms with Crippen LogP contribution in [0, 0.1) is 5.82 Å². The van der Waals surface area contributed by atoms with Crippen molar-refractivity contribution in [2.45, 2.75) is 23.9 Å². The van der Waals surface area contributed by atoms with E-state index in [4.69, 9.17) is 15.3 Å². The van der Waals surface area contributed by atoms with Gasteiger partial charge in [0, 0.05) is 5.69 Å². The predicted octanol–water partition coefficient (Wildman–Crippen LogP) is 2.84. The van der Waals surface area contributed by atoms with Crippen molar-refractivity contribution < 1.29 is 18.7 Å². The lowest BCUT2D eigenvalue weighted by Crippen LogP contribution is -2.24. The molecule has 1 atom stereocenters. The number of nitrogens with zero attached hydrogens (tertiary/aromatic N) is 3. The van der Waals surface area contributed by atoms with Gasteiger partial charge in [-0.15, -0.1) is 10.2 Å². The molecule has 0 aliphatic rings. The fourth-order valence-electron chi connectivity index (χ4n) is 2.29. The summed E-state index contributed by atoms with van der Waals surface area (Å²) in [6.45, 7) is 1.80. The van der Waals surface area contributed by atoms with Gasteiger partial charge in [0.15, 0.2) is 5.82 Å². The second-order valence-electron chi connectivity index (χ2n) is 5.99. The minimum atomic E-state index is -0.463. The van der Waals surface area contributed by atoms with Crippen molar-refractivity contribution >= 4 is 23.4 Å². The summed E-state index contributed by atoms with van der Waals surface area (Å²) in [5, 5.41) is 10.7. The highest BCUT2D eigenvalue weighted by molar-refractivity contribution is 8.00. The fraction of sp³-hybridized carbons (Fsp3) is 0.211. The van der Waals surface area contributed by atoms with Crippen LogP contribution >= 0.6 is 11.8 Å². The summed E-state index contributed by atoms with van der Waals surface area (Å²) in [6, 6.07) is 12.6. The van der Waals surface area contributed by atoms with Crippen LogP contribution in [0.2, 0.25) is 0 Å². The normalized spacial score (nSPS) is 11.7. The molecule has 3 aromatic rings. The number of methoxy groups -OCH3 is 1. The van der Waals surface area contributed by atoms with Crippen molar-refractivity contribution in [3.63, 3.8) is 0 Å². The lowest BCUT2D eigenvalue weighted by molar-refractivity contribution is -0.115. The molecular weight excluding hydrogens is 397 g/mol. The van der Waals surface area contributed by atoms with Crippen molar-refractivity contribution in [3.8, 4) is 11.5 Å². The van der Waals surface area contributed by atoms with E-state index in [1.54, 1.807) is 38.3 Å². The third kappa shape index (κ3) is 5.38. The van der Waals surface area contributed by atoms with Gasteiger partial charge in [-0.3, -0.25) is 4.79 Å². The van der Waals surface area contributed by atoms with Gasteiger partial charge in [-0.05, 0) is 55.5 Å². The molecule has 0 aliphatic carbocycles. The van der Waals surface area contributed by atoms with Crippen LogP contribution < -0.4 is 20.6 Å². The molecule has 1 heterocycles. The standard InChI is InChI=1S/C19H20FN5O3S/c1-12(18(26)22-14-5-9-15(27-2)10-6-14)29-19-24-23-17(25(19)21)11-28-16-7-3-13(20)4-8-16/h3-10,12H,11,21H2,1-2H3,(H,22,26). The Labute approximate surface area is 171 Å². The average Bonchev–Trinajstić information content (AvgIpc) is 3.07. The first-order valence-electron chi connectivity index (χ1n) is 8.65. The molecule has 3 rings (SSSR count). The Bertz CT molecular complexity index is 963. The van der Waals surface area contributed by atoms with E-state index in [1.165, 1.54) is 40.7 Å². The first-order valence-corrected chi connectivity index (χ1v) is 9.53. The molecule has 1 aromatic heterocycles. The molecule has 2 aromatic carbocycles. The fourth-order valence-corrected chi connectivity index (χ4v) is 3.08. The van der Waals surface area contributed by atoms with Gasteiger partial charge in [0.1, 0.15) is 23.9 Å². The molecule has 0 saturated heterocycles. The van der Waals surface area contributed by atoms with Crippen LogP contribution in [0.5, 0.6) is 11.5 Å². The number of rotatable bonds is 8. The van der Waals surface area contributed by atoms with E-state index < -0.39 is 5.25 Å². The maximum atomic E-state index is 12.9. The number of benzene rings is 2. The van der Waals surface area contributed by atoms with Gasteiger partial charge in [-0.25, -0.2) is 9.07 Å². The molecule has 0 radical (unpaired) electrons. The van der Waals surface area contributed by atoms with Crippen molar-refractivity contribution in [1.82, 2.24) is 14.9 Å². The number of nitrogen functional groups attached to an aromatic ring is 1. The third-order valence-electron chi connectivity index (χ3n) is 3.93. The van der Waals surface area contributed by atoms with Gasteiger partial charge in [0.05, 0.1) is 12.4 Å². The predicted molar refractivity (Wildman–Crippen MR) is 108 cm³/mol. The lowest BCUT2D eigenvalue weighted by Gasteiger charge is -2.12. The first-order chi connectivity index (χ1) is 14.0. The van der Waals surface area contributed by atoms with Crippen LogP contribution in [-0.4, -0.2) is 33.1 Å². The monoisotopic (exact) mass is 417 g/mol. The summed E-state index contributed by atoms with van der Waals surface area (Å²) in [5.41, 5.74) is 0.658. The molecular formula is C19H20FN5O3S. The van der Waals surface area contributed by atoms with Gasteiger partial charge in [-0.2, -0.15) is 0 Å². The van der Waals surface area contributed by atoms with Crippen molar-refractivity contribution in [3.05, 3.63) is 60.2 Å². The zero-order chi connectivity index (χ0) is 20.8. The van der Waals surface area contributed by atoms with Crippen LogP contribution in [0.15, 0.2) is 53.7 Å². The molecule has 1 unspecified atom stereocenters. The van der Waals surface area contributed by atoms with Gasteiger partial charge >= 0.3 is 0 Å². The molecule has 8 nitrogen and oxygen atoms in total. The molecule has 0 bridgehead atoms. The summed E-state index contributed by atoms with van der Waals surface area (Å²) >= 11 is 1.17.